The molecule has 0 aliphatic carbocycles. The van der Waals surface area contributed by atoms with Crippen molar-refractivity contribution in [1.82, 2.24) is 15.3 Å². The molecule has 112 valence electrons. The highest BCUT2D eigenvalue weighted by Gasteiger charge is 2.11. The zero-order valence-electron chi connectivity index (χ0n) is 13.1. The lowest BCUT2D eigenvalue weighted by Gasteiger charge is -2.15. The van der Waals surface area contributed by atoms with Gasteiger partial charge in [-0.15, -0.1) is 0 Å². The second-order valence-electron chi connectivity index (χ2n) is 5.37. The van der Waals surface area contributed by atoms with Gasteiger partial charge in [-0.25, -0.2) is 14.4 Å². The highest BCUT2D eigenvalue weighted by atomic mass is 19.1. The van der Waals surface area contributed by atoms with Crippen LogP contribution < -0.4 is 5.32 Å². The summed E-state index contributed by atoms with van der Waals surface area (Å²) in [5.74, 6) is 0.437. The number of hydrogen-bond acceptors (Lipinski definition) is 3. The second kappa shape index (κ2) is 6.76. The van der Waals surface area contributed by atoms with Crippen molar-refractivity contribution in [3.8, 4) is 11.4 Å². The van der Waals surface area contributed by atoms with E-state index in [0.29, 0.717) is 11.4 Å². The molecule has 2 aromatic rings. The first kappa shape index (κ1) is 15.6. The third-order valence-electron chi connectivity index (χ3n) is 3.60. The first-order valence-corrected chi connectivity index (χ1v) is 7.36. The molecular formula is C17H22FN3. The summed E-state index contributed by atoms with van der Waals surface area (Å²) in [7, 11) is 0. The standard InChI is InChI=1S/C17H22FN3/c1-5-8-19-12(3)15-10-20-17(21-13(15)4)14-6-7-16(18)11(2)9-14/h6-7,9-10,12,19H,5,8H2,1-4H3. The Bertz CT molecular complexity index is 625. The second-order valence-corrected chi connectivity index (χ2v) is 5.37. The number of benzene rings is 1. The van der Waals surface area contributed by atoms with Crippen molar-refractivity contribution in [3.63, 3.8) is 0 Å². The van der Waals surface area contributed by atoms with E-state index in [1.165, 1.54) is 6.07 Å². The molecule has 1 heterocycles. The van der Waals surface area contributed by atoms with Crippen molar-refractivity contribution >= 4 is 0 Å². The van der Waals surface area contributed by atoms with E-state index in [1.54, 1.807) is 19.1 Å². The van der Waals surface area contributed by atoms with Gasteiger partial charge in [-0.3, -0.25) is 0 Å². The summed E-state index contributed by atoms with van der Waals surface area (Å²) >= 11 is 0. The predicted octanol–water partition coefficient (Wildman–Crippen LogP) is 3.96. The minimum atomic E-state index is -0.204. The molecule has 0 aliphatic heterocycles. The number of rotatable bonds is 5. The molecule has 0 amide bonds. The summed E-state index contributed by atoms with van der Waals surface area (Å²) in [6.07, 6.45) is 2.96. The molecule has 0 fully saturated rings. The van der Waals surface area contributed by atoms with E-state index in [9.17, 15) is 4.39 Å². The van der Waals surface area contributed by atoms with Crippen LogP contribution in [0.3, 0.4) is 0 Å². The Kier molecular flexibility index (Phi) is 5.02. The van der Waals surface area contributed by atoms with Crippen molar-refractivity contribution in [2.45, 2.75) is 40.2 Å². The Morgan fingerprint density at radius 2 is 2.05 bits per heavy atom. The number of aryl methyl sites for hydroxylation is 2. The number of halogens is 1. The molecule has 1 unspecified atom stereocenters. The van der Waals surface area contributed by atoms with Gasteiger partial charge in [0, 0.05) is 29.1 Å². The van der Waals surface area contributed by atoms with Gasteiger partial charge in [0.1, 0.15) is 5.82 Å². The molecule has 0 aliphatic rings. The van der Waals surface area contributed by atoms with Crippen LogP contribution >= 0.6 is 0 Å². The maximum atomic E-state index is 13.3. The van der Waals surface area contributed by atoms with Crippen LogP contribution in [-0.4, -0.2) is 16.5 Å². The minimum Gasteiger partial charge on any atom is -0.310 e. The Morgan fingerprint density at radius 1 is 1.29 bits per heavy atom. The largest absolute Gasteiger partial charge is 0.310 e. The first-order chi connectivity index (χ1) is 10.0. The summed E-state index contributed by atoms with van der Waals surface area (Å²) in [6, 6.07) is 5.19. The SMILES string of the molecule is CCCNC(C)c1cnc(-c2ccc(F)c(C)c2)nc1C. The fourth-order valence-corrected chi connectivity index (χ4v) is 2.30. The summed E-state index contributed by atoms with van der Waals surface area (Å²) in [6.45, 7) is 8.96. The van der Waals surface area contributed by atoms with Gasteiger partial charge in [0.05, 0.1) is 0 Å². The Labute approximate surface area is 125 Å². The highest BCUT2D eigenvalue weighted by Crippen LogP contribution is 2.21. The van der Waals surface area contributed by atoms with Gasteiger partial charge in [-0.1, -0.05) is 6.92 Å². The van der Waals surface area contributed by atoms with Crippen LogP contribution in [-0.2, 0) is 0 Å². The maximum Gasteiger partial charge on any atom is 0.159 e. The van der Waals surface area contributed by atoms with Gasteiger partial charge in [0.15, 0.2) is 5.82 Å². The molecule has 1 N–H and O–H groups in total. The predicted molar refractivity (Wildman–Crippen MR) is 83.6 cm³/mol. The molecule has 1 aromatic carbocycles. The zero-order valence-corrected chi connectivity index (χ0v) is 13.1. The molecule has 21 heavy (non-hydrogen) atoms. The van der Waals surface area contributed by atoms with Gasteiger partial charge in [0.25, 0.3) is 0 Å². The fraction of sp³-hybridized carbons (Fsp3) is 0.412. The van der Waals surface area contributed by atoms with Crippen LogP contribution in [0.1, 0.15) is 43.1 Å². The van der Waals surface area contributed by atoms with Crippen LogP contribution in [0.2, 0.25) is 0 Å². The van der Waals surface area contributed by atoms with Crippen LogP contribution in [0.4, 0.5) is 4.39 Å². The molecule has 4 heteroatoms. The normalized spacial score (nSPS) is 12.4. The van der Waals surface area contributed by atoms with Crippen molar-refractivity contribution in [2.75, 3.05) is 6.54 Å². The van der Waals surface area contributed by atoms with E-state index >= 15 is 0 Å². The maximum absolute atomic E-state index is 13.3. The average molecular weight is 287 g/mol. The molecule has 0 saturated carbocycles. The van der Waals surface area contributed by atoms with Crippen LogP contribution in [0.5, 0.6) is 0 Å². The Hall–Kier alpha value is -1.81. The molecule has 2 rings (SSSR count). The minimum absolute atomic E-state index is 0.204. The quantitative estimate of drug-likeness (QED) is 0.904. The summed E-state index contributed by atoms with van der Waals surface area (Å²) in [5.41, 5.74) is 3.51. The summed E-state index contributed by atoms with van der Waals surface area (Å²) in [5, 5.41) is 3.44. The molecule has 3 nitrogen and oxygen atoms in total. The van der Waals surface area contributed by atoms with Crippen molar-refractivity contribution in [2.24, 2.45) is 0 Å². The smallest absolute Gasteiger partial charge is 0.159 e. The number of aromatic nitrogens is 2. The number of nitrogens with one attached hydrogen (secondary N) is 1. The third-order valence-corrected chi connectivity index (χ3v) is 3.60. The van der Waals surface area contributed by atoms with E-state index < -0.39 is 0 Å². The van der Waals surface area contributed by atoms with Gasteiger partial charge in [-0.05, 0) is 57.5 Å². The van der Waals surface area contributed by atoms with Crippen molar-refractivity contribution < 1.29 is 4.39 Å². The van der Waals surface area contributed by atoms with E-state index in [4.69, 9.17) is 0 Å². The van der Waals surface area contributed by atoms with E-state index in [-0.39, 0.29) is 11.9 Å². The van der Waals surface area contributed by atoms with E-state index in [2.05, 4.69) is 29.1 Å². The van der Waals surface area contributed by atoms with Crippen molar-refractivity contribution in [1.29, 1.82) is 0 Å². The van der Waals surface area contributed by atoms with Crippen LogP contribution in [0.15, 0.2) is 24.4 Å². The Morgan fingerprint density at radius 3 is 2.67 bits per heavy atom. The highest BCUT2D eigenvalue weighted by molar-refractivity contribution is 5.56. The third kappa shape index (κ3) is 3.64. The molecule has 1 aromatic heterocycles. The molecule has 0 radical (unpaired) electrons. The van der Waals surface area contributed by atoms with Gasteiger partial charge >= 0.3 is 0 Å². The summed E-state index contributed by atoms with van der Waals surface area (Å²) < 4.78 is 13.3. The Balaban J connectivity index is 2.27. The summed E-state index contributed by atoms with van der Waals surface area (Å²) in [4.78, 5) is 9.01. The molecule has 0 saturated heterocycles. The monoisotopic (exact) mass is 287 g/mol. The first-order valence-electron chi connectivity index (χ1n) is 7.36. The lowest BCUT2D eigenvalue weighted by molar-refractivity contribution is 0.564. The van der Waals surface area contributed by atoms with E-state index in [1.807, 2.05) is 13.1 Å². The molecule has 0 spiro atoms. The topological polar surface area (TPSA) is 37.8 Å². The zero-order chi connectivity index (χ0) is 15.4. The molecule has 0 bridgehead atoms. The van der Waals surface area contributed by atoms with Crippen molar-refractivity contribution in [3.05, 3.63) is 47.0 Å². The molecule has 1 atom stereocenters. The lowest BCUT2D eigenvalue weighted by atomic mass is 10.1. The van der Waals surface area contributed by atoms with Crippen LogP contribution in [0, 0.1) is 19.7 Å². The van der Waals surface area contributed by atoms with Crippen LogP contribution in [0.25, 0.3) is 11.4 Å². The van der Waals surface area contributed by atoms with E-state index in [0.717, 1.165) is 29.8 Å². The number of nitrogens with zero attached hydrogens (tertiary/aromatic N) is 2. The lowest BCUT2D eigenvalue weighted by Crippen LogP contribution is -2.20. The van der Waals surface area contributed by atoms with Gasteiger partial charge in [-0.2, -0.15) is 0 Å². The fourth-order valence-electron chi connectivity index (χ4n) is 2.30. The number of hydrogen-bond donors (Lipinski definition) is 1. The average Bonchev–Trinajstić information content (AvgIpc) is 2.47. The van der Waals surface area contributed by atoms with Gasteiger partial charge in [0.2, 0.25) is 0 Å². The molecular weight excluding hydrogens is 265 g/mol. The van der Waals surface area contributed by atoms with Gasteiger partial charge < -0.3 is 5.32 Å².